The van der Waals surface area contributed by atoms with Crippen LogP contribution >= 0.6 is 0 Å². The van der Waals surface area contributed by atoms with Crippen molar-refractivity contribution < 1.29 is 31.9 Å². The Morgan fingerprint density at radius 3 is 2.43 bits per heavy atom. The summed E-state index contributed by atoms with van der Waals surface area (Å²) in [7, 11) is 0. The lowest BCUT2D eigenvalue weighted by Crippen LogP contribution is -2.11. The lowest BCUT2D eigenvalue weighted by molar-refractivity contribution is -0.137. The summed E-state index contributed by atoms with van der Waals surface area (Å²) in [6, 6.07) is 13.6. The number of nitrogens with one attached hydrogen (secondary N) is 1. The summed E-state index contributed by atoms with van der Waals surface area (Å²) in [6.07, 6.45) is -3.76. The minimum atomic E-state index is -4.47. The van der Waals surface area contributed by atoms with Crippen LogP contribution in [-0.2, 0) is 10.9 Å². The highest BCUT2D eigenvalue weighted by Gasteiger charge is 2.30. The van der Waals surface area contributed by atoms with Crippen molar-refractivity contribution in [3.8, 4) is 11.3 Å². The first-order chi connectivity index (χ1) is 14.3. The molecule has 156 valence electrons. The molecule has 5 nitrogen and oxygen atoms in total. The third-order valence-corrected chi connectivity index (χ3v) is 4.12. The van der Waals surface area contributed by atoms with E-state index in [9.17, 15) is 22.8 Å². The van der Waals surface area contributed by atoms with Gasteiger partial charge in [-0.05, 0) is 55.0 Å². The molecule has 1 N–H and O–H groups in total. The first kappa shape index (κ1) is 21.2. The van der Waals surface area contributed by atoms with E-state index in [4.69, 9.17) is 9.15 Å². The van der Waals surface area contributed by atoms with Gasteiger partial charge >= 0.3 is 12.1 Å². The van der Waals surface area contributed by atoms with E-state index in [1.807, 2.05) is 6.92 Å². The lowest BCUT2D eigenvalue weighted by atomic mass is 10.1. The molecule has 0 aliphatic heterocycles. The summed E-state index contributed by atoms with van der Waals surface area (Å²) in [5, 5.41) is 2.60. The van der Waals surface area contributed by atoms with E-state index in [-0.39, 0.29) is 17.1 Å². The molecule has 1 aromatic heterocycles. The summed E-state index contributed by atoms with van der Waals surface area (Å²) in [4.78, 5) is 24.2. The molecule has 0 aliphatic carbocycles. The van der Waals surface area contributed by atoms with E-state index in [0.717, 1.165) is 12.1 Å². The van der Waals surface area contributed by atoms with Gasteiger partial charge in [0.15, 0.2) is 5.76 Å². The monoisotopic (exact) mass is 417 g/mol. The van der Waals surface area contributed by atoms with Crippen molar-refractivity contribution in [2.75, 3.05) is 11.9 Å². The molecular formula is C22H18F3NO4. The van der Waals surface area contributed by atoms with Crippen molar-refractivity contribution in [2.45, 2.75) is 19.5 Å². The molecule has 0 unspecified atom stereocenters. The molecule has 0 atom stereocenters. The molecule has 1 heterocycles. The van der Waals surface area contributed by atoms with Gasteiger partial charge in [0, 0.05) is 11.3 Å². The molecule has 0 spiro atoms. The Kier molecular flexibility index (Phi) is 6.25. The Balaban J connectivity index is 1.69. The summed E-state index contributed by atoms with van der Waals surface area (Å²) in [5.74, 6) is -0.949. The van der Waals surface area contributed by atoms with E-state index in [1.165, 1.54) is 48.5 Å². The standard InChI is InChI=1S/C22H18F3NO4/c1-2-12-29-21(28)14-6-8-17(9-7-14)26-20(27)19-11-10-18(30-19)15-4-3-5-16(13-15)22(23,24)25/h3-11,13H,2,12H2,1H3,(H,26,27). The number of benzene rings is 2. The Morgan fingerprint density at radius 1 is 1.03 bits per heavy atom. The van der Waals surface area contributed by atoms with Crippen molar-refractivity contribution in [1.82, 2.24) is 0 Å². The topological polar surface area (TPSA) is 68.5 Å². The number of rotatable bonds is 6. The van der Waals surface area contributed by atoms with E-state index < -0.39 is 23.6 Å². The van der Waals surface area contributed by atoms with Crippen LogP contribution in [0.4, 0.5) is 18.9 Å². The number of alkyl halides is 3. The van der Waals surface area contributed by atoms with Gasteiger partial charge in [0.05, 0.1) is 17.7 Å². The van der Waals surface area contributed by atoms with Crippen molar-refractivity contribution in [3.05, 3.63) is 77.6 Å². The van der Waals surface area contributed by atoms with E-state index in [0.29, 0.717) is 24.3 Å². The highest BCUT2D eigenvalue weighted by Crippen LogP contribution is 2.32. The largest absolute Gasteiger partial charge is 0.462 e. The zero-order valence-corrected chi connectivity index (χ0v) is 16.0. The van der Waals surface area contributed by atoms with Crippen LogP contribution in [0.1, 0.15) is 39.8 Å². The van der Waals surface area contributed by atoms with Crippen molar-refractivity contribution >= 4 is 17.6 Å². The molecule has 0 saturated carbocycles. The number of halogens is 3. The number of ether oxygens (including phenoxy) is 1. The number of amides is 1. The second kappa shape index (κ2) is 8.86. The number of carbonyl (C=O) groups is 2. The Hall–Kier alpha value is -3.55. The molecular weight excluding hydrogens is 399 g/mol. The fourth-order valence-corrected chi connectivity index (χ4v) is 2.62. The van der Waals surface area contributed by atoms with Crippen LogP contribution in [0.15, 0.2) is 65.1 Å². The number of carbonyl (C=O) groups excluding carboxylic acids is 2. The van der Waals surface area contributed by atoms with Gasteiger partial charge in [0.2, 0.25) is 0 Å². The van der Waals surface area contributed by atoms with Crippen molar-refractivity contribution in [3.63, 3.8) is 0 Å². The van der Waals surface area contributed by atoms with Gasteiger partial charge in [0.25, 0.3) is 5.91 Å². The summed E-state index contributed by atoms with van der Waals surface area (Å²) >= 11 is 0. The molecule has 0 radical (unpaired) electrons. The first-order valence-corrected chi connectivity index (χ1v) is 9.14. The maximum absolute atomic E-state index is 12.9. The van der Waals surface area contributed by atoms with Gasteiger partial charge in [-0.25, -0.2) is 4.79 Å². The summed E-state index contributed by atoms with van der Waals surface area (Å²) in [5.41, 5.74) is 0.175. The highest BCUT2D eigenvalue weighted by atomic mass is 19.4. The third-order valence-electron chi connectivity index (χ3n) is 4.12. The molecule has 1 amide bonds. The Morgan fingerprint density at radius 2 is 1.77 bits per heavy atom. The van der Waals surface area contributed by atoms with Crippen molar-refractivity contribution in [1.29, 1.82) is 0 Å². The fourth-order valence-electron chi connectivity index (χ4n) is 2.62. The van der Waals surface area contributed by atoms with Crippen LogP contribution in [0.5, 0.6) is 0 Å². The van der Waals surface area contributed by atoms with Crippen LogP contribution in [0.25, 0.3) is 11.3 Å². The normalized spacial score (nSPS) is 11.2. The smallest absolute Gasteiger partial charge is 0.416 e. The maximum Gasteiger partial charge on any atom is 0.416 e. The van der Waals surface area contributed by atoms with Gasteiger partial charge in [-0.1, -0.05) is 19.1 Å². The van der Waals surface area contributed by atoms with Crippen LogP contribution in [0.2, 0.25) is 0 Å². The zero-order chi connectivity index (χ0) is 21.7. The SMILES string of the molecule is CCCOC(=O)c1ccc(NC(=O)c2ccc(-c3cccc(C(F)(F)F)c3)o2)cc1. The molecule has 2 aromatic carbocycles. The quantitative estimate of drug-likeness (QED) is 0.516. The molecule has 30 heavy (non-hydrogen) atoms. The first-order valence-electron chi connectivity index (χ1n) is 9.14. The second-order valence-corrected chi connectivity index (χ2v) is 6.41. The number of hydrogen-bond donors (Lipinski definition) is 1. The van der Waals surface area contributed by atoms with Crippen LogP contribution < -0.4 is 5.32 Å². The Labute approximate surface area is 170 Å². The van der Waals surface area contributed by atoms with E-state index in [1.54, 1.807) is 0 Å². The predicted molar refractivity (Wildman–Crippen MR) is 104 cm³/mol. The minimum Gasteiger partial charge on any atom is -0.462 e. The molecule has 3 aromatic rings. The zero-order valence-electron chi connectivity index (χ0n) is 16.0. The summed E-state index contributed by atoms with van der Waals surface area (Å²) in [6.45, 7) is 2.21. The summed E-state index contributed by atoms with van der Waals surface area (Å²) < 4.78 is 49.1. The lowest BCUT2D eigenvalue weighted by Gasteiger charge is -2.07. The van der Waals surface area contributed by atoms with Crippen LogP contribution in [0, 0.1) is 0 Å². The minimum absolute atomic E-state index is 0.0613. The third kappa shape index (κ3) is 5.08. The van der Waals surface area contributed by atoms with Crippen LogP contribution in [0.3, 0.4) is 0 Å². The van der Waals surface area contributed by atoms with Crippen LogP contribution in [-0.4, -0.2) is 18.5 Å². The number of hydrogen-bond acceptors (Lipinski definition) is 4. The van der Waals surface area contributed by atoms with Gasteiger partial charge in [-0.15, -0.1) is 0 Å². The van der Waals surface area contributed by atoms with Gasteiger partial charge in [-0.2, -0.15) is 13.2 Å². The second-order valence-electron chi connectivity index (χ2n) is 6.41. The number of esters is 1. The average Bonchev–Trinajstić information content (AvgIpc) is 3.22. The maximum atomic E-state index is 12.9. The van der Waals surface area contributed by atoms with Crippen molar-refractivity contribution in [2.24, 2.45) is 0 Å². The average molecular weight is 417 g/mol. The molecule has 0 saturated heterocycles. The number of furan rings is 1. The number of anilines is 1. The van der Waals surface area contributed by atoms with Gasteiger partial charge < -0.3 is 14.5 Å². The predicted octanol–water partition coefficient (Wildman–Crippen LogP) is 5.78. The van der Waals surface area contributed by atoms with Gasteiger partial charge in [0.1, 0.15) is 5.76 Å². The molecule has 0 aliphatic rings. The fraction of sp³-hybridized carbons (Fsp3) is 0.182. The Bertz CT molecular complexity index is 1040. The highest BCUT2D eigenvalue weighted by molar-refractivity contribution is 6.02. The molecule has 0 bridgehead atoms. The molecule has 8 heteroatoms. The molecule has 0 fully saturated rings. The molecule has 3 rings (SSSR count). The van der Waals surface area contributed by atoms with E-state index >= 15 is 0 Å². The van der Waals surface area contributed by atoms with Gasteiger partial charge in [-0.3, -0.25) is 4.79 Å². The van der Waals surface area contributed by atoms with E-state index in [2.05, 4.69) is 5.32 Å².